The summed E-state index contributed by atoms with van der Waals surface area (Å²) in [6, 6.07) is 8.56. The first-order valence-electron chi connectivity index (χ1n) is 8.64. The number of benzene rings is 1. The molecule has 2 N–H and O–H groups in total. The number of aromatic nitrogens is 2. The Labute approximate surface area is 170 Å². The third-order valence-electron chi connectivity index (χ3n) is 4.42. The van der Waals surface area contributed by atoms with E-state index in [2.05, 4.69) is 26.8 Å². The highest BCUT2D eigenvalue weighted by molar-refractivity contribution is 14.0. The van der Waals surface area contributed by atoms with Crippen molar-refractivity contribution in [2.75, 3.05) is 37.6 Å². The van der Waals surface area contributed by atoms with Crippen LogP contribution in [0, 0.1) is 11.7 Å². The zero-order chi connectivity index (χ0) is 17.6. The molecule has 1 fully saturated rings. The van der Waals surface area contributed by atoms with Gasteiger partial charge in [-0.1, -0.05) is 6.92 Å². The minimum Gasteiger partial charge on any atom is -0.370 e. The van der Waals surface area contributed by atoms with Gasteiger partial charge in [0.05, 0.1) is 0 Å². The van der Waals surface area contributed by atoms with Crippen LogP contribution in [0.4, 0.5) is 10.1 Å². The van der Waals surface area contributed by atoms with Crippen molar-refractivity contribution in [3.05, 3.63) is 48.5 Å². The van der Waals surface area contributed by atoms with Crippen LogP contribution in [0.15, 0.2) is 47.7 Å². The van der Waals surface area contributed by atoms with E-state index in [0.717, 1.165) is 38.4 Å². The molecule has 0 saturated carbocycles. The fourth-order valence-electron chi connectivity index (χ4n) is 2.98. The Balaban J connectivity index is 0.00000243. The van der Waals surface area contributed by atoms with Gasteiger partial charge in [0.2, 0.25) is 0 Å². The lowest BCUT2D eigenvalue weighted by atomic mass is 10.2. The standard InChI is InChI=1S/C18H25FN6.HI/c1-15(14-25-8-2-7-22-25)13-21-18(20)24-11-9-23(10-12-24)17-5-3-16(19)4-6-17;/h2-8,15H,9-14H2,1H3,(H2,20,21);1H. The van der Waals surface area contributed by atoms with E-state index in [-0.39, 0.29) is 29.8 Å². The molecule has 1 aromatic carbocycles. The molecule has 1 aliphatic rings. The van der Waals surface area contributed by atoms with Gasteiger partial charge in [-0.05, 0) is 36.2 Å². The van der Waals surface area contributed by atoms with Crippen LogP contribution in [0.2, 0.25) is 0 Å². The minimum absolute atomic E-state index is 0. The van der Waals surface area contributed by atoms with E-state index in [1.54, 1.807) is 6.20 Å². The van der Waals surface area contributed by atoms with Gasteiger partial charge in [0, 0.05) is 57.3 Å². The number of guanidine groups is 1. The lowest BCUT2D eigenvalue weighted by Gasteiger charge is -2.36. The Bertz CT molecular complexity index is 680. The van der Waals surface area contributed by atoms with Gasteiger partial charge < -0.3 is 15.5 Å². The first-order chi connectivity index (χ1) is 12.1. The van der Waals surface area contributed by atoms with Crippen LogP contribution < -0.4 is 10.6 Å². The number of hydrogen-bond donors (Lipinski definition) is 1. The van der Waals surface area contributed by atoms with Gasteiger partial charge in [-0.15, -0.1) is 24.0 Å². The van der Waals surface area contributed by atoms with E-state index in [9.17, 15) is 4.39 Å². The summed E-state index contributed by atoms with van der Waals surface area (Å²) in [5.74, 6) is 0.771. The molecule has 142 valence electrons. The maximum atomic E-state index is 13.0. The van der Waals surface area contributed by atoms with E-state index >= 15 is 0 Å². The quantitative estimate of drug-likeness (QED) is 0.413. The number of anilines is 1. The third-order valence-corrected chi connectivity index (χ3v) is 4.42. The highest BCUT2D eigenvalue weighted by atomic mass is 127. The summed E-state index contributed by atoms with van der Waals surface area (Å²) in [5.41, 5.74) is 7.21. The maximum Gasteiger partial charge on any atom is 0.191 e. The summed E-state index contributed by atoms with van der Waals surface area (Å²) in [7, 11) is 0. The average Bonchev–Trinajstić information content (AvgIpc) is 3.13. The van der Waals surface area contributed by atoms with Crippen molar-refractivity contribution in [3.63, 3.8) is 0 Å². The summed E-state index contributed by atoms with van der Waals surface area (Å²) in [6.45, 7) is 7.01. The Morgan fingerprint density at radius 1 is 1.23 bits per heavy atom. The summed E-state index contributed by atoms with van der Waals surface area (Å²) >= 11 is 0. The topological polar surface area (TPSA) is 62.7 Å². The van der Waals surface area contributed by atoms with Crippen LogP contribution in [0.3, 0.4) is 0 Å². The molecule has 2 aromatic rings. The number of hydrogen-bond acceptors (Lipinski definition) is 3. The average molecular weight is 472 g/mol. The molecule has 0 spiro atoms. The molecule has 3 rings (SSSR count). The van der Waals surface area contributed by atoms with Crippen molar-refractivity contribution < 1.29 is 4.39 Å². The first-order valence-corrected chi connectivity index (χ1v) is 8.64. The second kappa shape index (κ2) is 9.75. The zero-order valence-corrected chi connectivity index (χ0v) is 17.3. The monoisotopic (exact) mass is 472 g/mol. The van der Waals surface area contributed by atoms with Crippen molar-refractivity contribution in [2.45, 2.75) is 13.5 Å². The van der Waals surface area contributed by atoms with Crippen LogP contribution in [0.25, 0.3) is 0 Å². The van der Waals surface area contributed by atoms with Crippen molar-refractivity contribution in [1.82, 2.24) is 14.7 Å². The van der Waals surface area contributed by atoms with E-state index in [1.165, 1.54) is 12.1 Å². The van der Waals surface area contributed by atoms with E-state index in [0.29, 0.717) is 18.4 Å². The van der Waals surface area contributed by atoms with Crippen LogP contribution in [0.5, 0.6) is 0 Å². The second-order valence-corrected chi connectivity index (χ2v) is 6.48. The van der Waals surface area contributed by atoms with E-state index in [1.807, 2.05) is 29.1 Å². The summed E-state index contributed by atoms with van der Waals surface area (Å²) < 4.78 is 14.9. The Hall–Kier alpha value is -1.84. The van der Waals surface area contributed by atoms with Gasteiger partial charge in [0.25, 0.3) is 0 Å². The van der Waals surface area contributed by atoms with Crippen molar-refractivity contribution in [1.29, 1.82) is 0 Å². The second-order valence-electron chi connectivity index (χ2n) is 6.48. The molecule has 1 unspecified atom stereocenters. The molecule has 1 aliphatic heterocycles. The Morgan fingerprint density at radius 3 is 2.54 bits per heavy atom. The molecular weight excluding hydrogens is 446 g/mol. The molecule has 0 amide bonds. The third kappa shape index (κ3) is 5.58. The van der Waals surface area contributed by atoms with Crippen molar-refractivity contribution in [3.8, 4) is 0 Å². The molecule has 26 heavy (non-hydrogen) atoms. The van der Waals surface area contributed by atoms with Crippen LogP contribution in [-0.2, 0) is 6.54 Å². The molecule has 8 heteroatoms. The normalized spacial score (nSPS) is 16.3. The summed E-state index contributed by atoms with van der Waals surface area (Å²) in [6.07, 6.45) is 3.74. The fraction of sp³-hybridized carbons (Fsp3) is 0.444. The molecular formula is C18H26FIN6. The lowest BCUT2D eigenvalue weighted by molar-refractivity contribution is 0.378. The number of halogens is 2. The highest BCUT2D eigenvalue weighted by Gasteiger charge is 2.18. The fourth-order valence-corrected chi connectivity index (χ4v) is 2.98. The minimum atomic E-state index is -0.206. The number of nitrogens with two attached hydrogens (primary N) is 1. The van der Waals surface area contributed by atoms with E-state index in [4.69, 9.17) is 5.73 Å². The smallest absolute Gasteiger partial charge is 0.191 e. The summed E-state index contributed by atoms with van der Waals surface area (Å²) in [5, 5.41) is 4.21. The van der Waals surface area contributed by atoms with Gasteiger partial charge in [-0.3, -0.25) is 9.67 Å². The van der Waals surface area contributed by atoms with Crippen LogP contribution >= 0.6 is 24.0 Å². The molecule has 0 aliphatic carbocycles. The van der Waals surface area contributed by atoms with Gasteiger partial charge in [-0.25, -0.2) is 4.39 Å². The molecule has 0 bridgehead atoms. The molecule has 2 heterocycles. The molecule has 6 nitrogen and oxygen atoms in total. The van der Waals surface area contributed by atoms with Gasteiger partial charge >= 0.3 is 0 Å². The SMILES string of the molecule is CC(CN=C(N)N1CCN(c2ccc(F)cc2)CC1)Cn1cccn1.I. The van der Waals surface area contributed by atoms with Gasteiger partial charge in [0.15, 0.2) is 5.96 Å². The molecule has 0 radical (unpaired) electrons. The number of aliphatic imine (C=N–C) groups is 1. The largest absolute Gasteiger partial charge is 0.370 e. The first kappa shape index (κ1) is 20.5. The van der Waals surface area contributed by atoms with Crippen LogP contribution in [0.1, 0.15) is 6.92 Å². The maximum absolute atomic E-state index is 13.0. The Morgan fingerprint density at radius 2 is 1.92 bits per heavy atom. The number of nitrogens with zero attached hydrogens (tertiary/aromatic N) is 5. The predicted octanol–water partition coefficient (Wildman–Crippen LogP) is 2.41. The van der Waals surface area contributed by atoms with Gasteiger partial charge in [-0.2, -0.15) is 5.10 Å². The predicted molar refractivity (Wildman–Crippen MR) is 113 cm³/mol. The number of rotatable bonds is 5. The van der Waals surface area contributed by atoms with Gasteiger partial charge in [0.1, 0.15) is 5.82 Å². The Kier molecular flexibility index (Phi) is 7.67. The van der Waals surface area contributed by atoms with Crippen molar-refractivity contribution in [2.24, 2.45) is 16.6 Å². The summed E-state index contributed by atoms with van der Waals surface area (Å²) in [4.78, 5) is 8.90. The highest BCUT2D eigenvalue weighted by Crippen LogP contribution is 2.16. The zero-order valence-electron chi connectivity index (χ0n) is 15.0. The molecule has 1 aromatic heterocycles. The molecule has 1 saturated heterocycles. The number of piperazine rings is 1. The van der Waals surface area contributed by atoms with Crippen LogP contribution in [-0.4, -0.2) is 53.4 Å². The van der Waals surface area contributed by atoms with Crippen molar-refractivity contribution >= 4 is 35.6 Å². The lowest BCUT2D eigenvalue weighted by Crippen LogP contribution is -2.51. The van der Waals surface area contributed by atoms with E-state index < -0.39 is 0 Å². The molecule has 1 atom stereocenters.